The molecule has 1 saturated carbocycles. The Balaban J connectivity index is 1.38. The minimum Gasteiger partial charge on any atom is -0.507 e. The first-order valence-electron chi connectivity index (χ1n) is 9.47. The third-order valence-corrected chi connectivity index (χ3v) is 7.27. The molecule has 4 atom stereocenters. The fraction of sp³-hybridized carbons (Fsp3) is 0.450. The molecule has 0 unspecified atom stereocenters. The predicted molar refractivity (Wildman–Crippen MR) is 107 cm³/mol. The van der Waals surface area contributed by atoms with Crippen LogP contribution in [0.15, 0.2) is 36.9 Å². The second kappa shape index (κ2) is 6.24. The summed E-state index contributed by atoms with van der Waals surface area (Å²) in [5.74, 6) is 0.0864. The van der Waals surface area contributed by atoms with E-state index in [1.54, 1.807) is 35.4 Å². The Morgan fingerprint density at radius 2 is 2.14 bits per heavy atom. The normalized spacial score (nSPS) is 31.4. The van der Waals surface area contributed by atoms with Crippen LogP contribution < -0.4 is 4.74 Å². The molecule has 2 aromatic heterocycles. The molecule has 1 N–H and O–H groups in total. The van der Waals surface area contributed by atoms with Gasteiger partial charge in [0.15, 0.2) is 11.2 Å². The number of piperidine rings is 1. The van der Waals surface area contributed by atoms with Gasteiger partial charge in [0.25, 0.3) is 5.19 Å². The lowest BCUT2D eigenvalue weighted by atomic mass is 9.87. The standard InChI is InChI=1S/C20H22FN5O2S/c1-19-9-20(2,25(3)10-19)15(21)16(19)28-18-24-23-17(29-18)13-5-4-12(8-14(13)27)26-7-6-22-11-26/h4-8,11,15-16,27H,9-10H2,1-3H3/t15-,16-,19+,20+/m0/s1. The quantitative estimate of drug-likeness (QED) is 0.705. The van der Waals surface area contributed by atoms with E-state index in [0.29, 0.717) is 15.8 Å². The highest BCUT2D eigenvalue weighted by atomic mass is 32.1. The molecule has 7 nitrogen and oxygen atoms in total. The van der Waals surface area contributed by atoms with Crippen molar-refractivity contribution in [1.29, 1.82) is 0 Å². The van der Waals surface area contributed by atoms with Crippen molar-refractivity contribution in [3.05, 3.63) is 36.9 Å². The topological polar surface area (TPSA) is 76.3 Å². The monoisotopic (exact) mass is 415 g/mol. The minimum absolute atomic E-state index is 0.0864. The van der Waals surface area contributed by atoms with Crippen LogP contribution in [-0.4, -0.2) is 61.2 Å². The molecule has 3 aromatic rings. The van der Waals surface area contributed by atoms with Crippen molar-refractivity contribution in [2.45, 2.75) is 38.1 Å². The fourth-order valence-corrected chi connectivity index (χ4v) is 5.62. The van der Waals surface area contributed by atoms with Crippen LogP contribution in [0.2, 0.25) is 0 Å². The first kappa shape index (κ1) is 18.5. The number of phenols is 1. The van der Waals surface area contributed by atoms with Crippen LogP contribution in [0.3, 0.4) is 0 Å². The second-order valence-electron chi connectivity index (χ2n) is 8.53. The fourth-order valence-electron chi connectivity index (χ4n) is 4.86. The Morgan fingerprint density at radius 1 is 1.31 bits per heavy atom. The van der Waals surface area contributed by atoms with Gasteiger partial charge < -0.3 is 14.4 Å². The molecule has 0 radical (unpaired) electrons. The molecule has 2 fully saturated rings. The van der Waals surface area contributed by atoms with Crippen LogP contribution in [0.4, 0.5) is 4.39 Å². The number of alkyl halides is 1. The largest absolute Gasteiger partial charge is 0.507 e. The lowest BCUT2D eigenvalue weighted by Gasteiger charge is -2.41. The Labute approximate surface area is 171 Å². The zero-order valence-corrected chi connectivity index (χ0v) is 17.2. The number of nitrogens with zero attached hydrogens (tertiary/aromatic N) is 5. The van der Waals surface area contributed by atoms with Gasteiger partial charge >= 0.3 is 0 Å². The first-order chi connectivity index (χ1) is 13.8. The van der Waals surface area contributed by atoms with Gasteiger partial charge in [0.2, 0.25) is 0 Å². The Bertz CT molecular complexity index is 1060. The minimum atomic E-state index is -1.10. The number of likely N-dealkylation sites (tertiary alicyclic amines) is 1. The average molecular weight is 415 g/mol. The molecule has 9 heteroatoms. The molecule has 0 spiro atoms. The number of aromatic hydroxyl groups is 1. The number of aromatic nitrogens is 4. The van der Waals surface area contributed by atoms with Gasteiger partial charge in [0, 0.05) is 30.4 Å². The average Bonchev–Trinajstić information content (AvgIpc) is 3.42. The zero-order chi connectivity index (χ0) is 20.4. The van der Waals surface area contributed by atoms with Gasteiger partial charge in [-0.05, 0) is 32.5 Å². The molecular weight excluding hydrogens is 393 g/mol. The highest BCUT2D eigenvalue weighted by Gasteiger charge is 2.66. The van der Waals surface area contributed by atoms with Crippen LogP contribution in [0.5, 0.6) is 10.9 Å². The highest BCUT2D eigenvalue weighted by molar-refractivity contribution is 7.16. The van der Waals surface area contributed by atoms with Gasteiger partial charge in [0.1, 0.15) is 11.9 Å². The number of rotatable bonds is 4. The summed E-state index contributed by atoms with van der Waals surface area (Å²) in [6, 6.07) is 5.29. The number of hydrogen-bond donors (Lipinski definition) is 1. The lowest BCUT2D eigenvalue weighted by Crippen LogP contribution is -2.56. The Morgan fingerprint density at radius 3 is 2.79 bits per heavy atom. The van der Waals surface area contributed by atoms with Crippen LogP contribution in [0.25, 0.3) is 16.3 Å². The summed E-state index contributed by atoms with van der Waals surface area (Å²) >= 11 is 1.21. The van der Waals surface area contributed by atoms with Crippen LogP contribution >= 0.6 is 11.3 Å². The van der Waals surface area contributed by atoms with Crippen molar-refractivity contribution >= 4 is 11.3 Å². The van der Waals surface area contributed by atoms with Crippen molar-refractivity contribution in [2.24, 2.45) is 5.41 Å². The van der Waals surface area contributed by atoms with Crippen molar-refractivity contribution in [2.75, 3.05) is 13.6 Å². The van der Waals surface area contributed by atoms with Gasteiger partial charge in [0.05, 0.1) is 23.1 Å². The molecular formula is C20H22FN5O2S. The molecule has 152 valence electrons. The molecule has 1 aliphatic heterocycles. The van der Waals surface area contributed by atoms with E-state index in [4.69, 9.17) is 4.74 Å². The summed E-state index contributed by atoms with van der Waals surface area (Å²) in [6.07, 6.45) is 4.23. The van der Waals surface area contributed by atoms with E-state index in [9.17, 15) is 5.11 Å². The molecule has 2 aliphatic rings. The van der Waals surface area contributed by atoms with E-state index in [2.05, 4.69) is 27.0 Å². The number of ether oxygens (including phenoxy) is 1. The van der Waals surface area contributed by atoms with Crippen molar-refractivity contribution in [1.82, 2.24) is 24.6 Å². The third-order valence-electron chi connectivity index (χ3n) is 6.43. The maximum absolute atomic E-state index is 15.2. The summed E-state index contributed by atoms with van der Waals surface area (Å²) in [5, 5.41) is 19.6. The smallest absolute Gasteiger partial charge is 0.294 e. The third kappa shape index (κ3) is 2.75. The van der Waals surface area contributed by atoms with E-state index in [-0.39, 0.29) is 11.2 Å². The van der Waals surface area contributed by atoms with Gasteiger partial charge in [-0.3, -0.25) is 4.90 Å². The zero-order valence-electron chi connectivity index (χ0n) is 16.4. The van der Waals surface area contributed by atoms with Gasteiger partial charge in [-0.15, -0.1) is 5.10 Å². The van der Waals surface area contributed by atoms with Crippen molar-refractivity contribution in [3.63, 3.8) is 0 Å². The van der Waals surface area contributed by atoms with Crippen LogP contribution in [0, 0.1) is 5.41 Å². The van der Waals surface area contributed by atoms with E-state index in [0.717, 1.165) is 18.7 Å². The van der Waals surface area contributed by atoms with Crippen molar-refractivity contribution in [3.8, 4) is 27.2 Å². The van der Waals surface area contributed by atoms with E-state index >= 15 is 4.39 Å². The number of phenolic OH excluding ortho intramolecular Hbond substituents is 1. The highest BCUT2D eigenvalue weighted by Crippen LogP contribution is 2.56. The molecule has 2 bridgehead atoms. The number of hydrogen-bond acceptors (Lipinski definition) is 7. The molecule has 1 aliphatic carbocycles. The first-order valence-corrected chi connectivity index (χ1v) is 10.3. The summed E-state index contributed by atoms with van der Waals surface area (Å²) in [5.41, 5.74) is 0.582. The molecule has 5 rings (SSSR count). The Kier molecular flexibility index (Phi) is 3.98. The van der Waals surface area contributed by atoms with Crippen molar-refractivity contribution < 1.29 is 14.2 Å². The van der Waals surface area contributed by atoms with Gasteiger partial charge in [-0.1, -0.05) is 23.4 Å². The summed E-state index contributed by atoms with van der Waals surface area (Å²) in [6.45, 7) is 4.82. The number of fused-ring (bicyclic) bond motifs is 2. The van der Waals surface area contributed by atoms with Crippen LogP contribution in [-0.2, 0) is 0 Å². The maximum Gasteiger partial charge on any atom is 0.294 e. The molecule has 1 aromatic carbocycles. The summed E-state index contributed by atoms with van der Waals surface area (Å²) in [7, 11) is 1.97. The summed E-state index contributed by atoms with van der Waals surface area (Å²) in [4.78, 5) is 6.10. The van der Waals surface area contributed by atoms with E-state index < -0.39 is 17.8 Å². The Hall–Kier alpha value is -2.52. The molecule has 3 heterocycles. The lowest BCUT2D eigenvalue weighted by molar-refractivity contribution is -0.0389. The second-order valence-corrected chi connectivity index (χ2v) is 9.47. The molecule has 1 saturated heterocycles. The van der Waals surface area contributed by atoms with E-state index in [1.165, 1.54) is 11.3 Å². The summed E-state index contributed by atoms with van der Waals surface area (Å²) < 4.78 is 23.0. The van der Waals surface area contributed by atoms with E-state index in [1.807, 2.05) is 20.0 Å². The van der Waals surface area contributed by atoms with Crippen LogP contribution in [0.1, 0.15) is 20.3 Å². The number of benzene rings is 1. The molecule has 29 heavy (non-hydrogen) atoms. The van der Waals surface area contributed by atoms with Gasteiger partial charge in [-0.2, -0.15) is 0 Å². The number of halogens is 1. The molecule has 0 amide bonds. The maximum atomic E-state index is 15.2. The van der Waals surface area contributed by atoms with Gasteiger partial charge in [-0.25, -0.2) is 9.37 Å². The predicted octanol–water partition coefficient (Wildman–Crippen LogP) is 3.30. The number of imidazole rings is 1. The SMILES string of the molecule is CN1C[C@@]2(C)C[C@]1(C)[C@@H](F)[C@@H]2Oc1nnc(-c2ccc(-n3ccnc3)cc2O)s1.